The maximum atomic E-state index is 13.6. The lowest BCUT2D eigenvalue weighted by Gasteiger charge is -2.18. The molecule has 0 radical (unpaired) electrons. The molecular formula is C19H23ClFNO2. The molecule has 0 aliphatic heterocycles. The van der Waals surface area contributed by atoms with Crippen molar-refractivity contribution >= 4 is 11.6 Å². The fourth-order valence-corrected chi connectivity index (χ4v) is 2.65. The molecular weight excluding hydrogens is 329 g/mol. The van der Waals surface area contributed by atoms with Crippen molar-refractivity contribution in [2.45, 2.75) is 32.9 Å². The summed E-state index contributed by atoms with van der Waals surface area (Å²) in [6.45, 7) is 5.14. The van der Waals surface area contributed by atoms with E-state index in [1.165, 1.54) is 6.07 Å². The number of ether oxygens (including phenoxy) is 2. The lowest BCUT2D eigenvalue weighted by Crippen LogP contribution is -2.19. The van der Waals surface area contributed by atoms with E-state index in [4.69, 9.17) is 21.1 Å². The summed E-state index contributed by atoms with van der Waals surface area (Å²) in [6, 6.07) is 10.4. The van der Waals surface area contributed by atoms with Crippen LogP contribution in [0, 0.1) is 5.82 Å². The largest absolute Gasteiger partial charge is 0.493 e. The summed E-state index contributed by atoms with van der Waals surface area (Å²) in [5, 5.41) is 3.90. The molecule has 0 fully saturated rings. The summed E-state index contributed by atoms with van der Waals surface area (Å²) >= 11 is 6.15. The van der Waals surface area contributed by atoms with Gasteiger partial charge in [-0.25, -0.2) is 4.39 Å². The number of hydrogen-bond acceptors (Lipinski definition) is 3. The predicted molar refractivity (Wildman–Crippen MR) is 95.6 cm³/mol. The molecule has 0 saturated heterocycles. The molecule has 0 saturated carbocycles. The number of benzene rings is 2. The topological polar surface area (TPSA) is 30.5 Å². The third-order valence-corrected chi connectivity index (χ3v) is 3.73. The quantitative estimate of drug-likeness (QED) is 0.705. The first-order chi connectivity index (χ1) is 11.5. The van der Waals surface area contributed by atoms with Gasteiger partial charge in [-0.05, 0) is 44.5 Å². The third-order valence-electron chi connectivity index (χ3n) is 3.51. The predicted octanol–water partition coefficient (Wildman–Crippen LogP) is 4.61. The number of rotatable bonds is 8. The van der Waals surface area contributed by atoms with Crippen molar-refractivity contribution in [1.82, 2.24) is 5.32 Å². The Balaban J connectivity index is 2.03. The van der Waals surface area contributed by atoms with E-state index in [9.17, 15) is 4.39 Å². The maximum absolute atomic E-state index is 13.6. The lowest BCUT2D eigenvalue weighted by molar-refractivity contribution is 0.227. The molecule has 0 amide bonds. The Kier molecular flexibility index (Phi) is 6.88. The van der Waals surface area contributed by atoms with E-state index in [0.717, 1.165) is 5.56 Å². The van der Waals surface area contributed by atoms with E-state index in [1.54, 1.807) is 25.3 Å². The van der Waals surface area contributed by atoms with E-state index in [2.05, 4.69) is 5.32 Å². The molecule has 2 rings (SSSR count). The molecule has 0 aliphatic rings. The van der Waals surface area contributed by atoms with Gasteiger partial charge >= 0.3 is 0 Å². The van der Waals surface area contributed by atoms with Crippen molar-refractivity contribution in [3.8, 4) is 11.5 Å². The molecule has 2 aromatic carbocycles. The highest BCUT2D eigenvalue weighted by Gasteiger charge is 2.14. The van der Waals surface area contributed by atoms with Crippen LogP contribution in [0.4, 0.5) is 4.39 Å². The molecule has 0 heterocycles. The van der Waals surface area contributed by atoms with E-state index < -0.39 is 0 Å². The zero-order chi connectivity index (χ0) is 17.5. The summed E-state index contributed by atoms with van der Waals surface area (Å²) in [4.78, 5) is 0. The zero-order valence-corrected chi connectivity index (χ0v) is 15.0. The Hall–Kier alpha value is -1.78. The highest BCUT2D eigenvalue weighted by molar-refractivity contribution is 6.30. The van der Waals surface area contributed by atoms with Gasteiger partial charge in [-0.15, -0.1) is 0 Å². The van der Waals surface area contributed by atoms with Crippen molar-refractivity contribution in [2.75, 3.05) is 13.7 Å². The van der Waals surface area contributed by atoms with E-state index in [1.807, 2.05) is 26.0 Å². The summed E-state index contributed by atoms with van der Waals surface area (Å²) in [7, 11) is 1.59. The molecule has 130 valence electrons. The molecule has 3 nitrogen and oxygen atoms in total. The fourth-order valence-electron chi connectivity index (χ4n) is 2.42. The summed E-state index contributed by atoms with van der Waals surface area (Å²) in [5.41, 5.74) is 1.62. The number of hydrogen-bond donors (Lipinski definition) is 1. The molecule has 1 N–H and O–H groups in total. The Bertz CT molecular complexity index is 676. The smallest absolute Gasteiger partial charge is 0.166 e. The zero-order valence-electron chi connectivity index (χ0n) is 14.2. The van der Waals surface area contributed by atoms with Crippen molar-refractivity contribution in [2.24, 2.45) is 0 Å². The second-order valence-electron chi connectivity index (χ2n) is 5.78. The third kappa shape index (κ3) is 5.11. The Morgan fingerprint density at radius 2 is 1.92 bits per heavy atom. The molecule has 0 atom stereocenters. The summed E-state index contributed by atoms with van der Waals surface area (Å²) in [5.74, 6) is 1.13. The molecule has 0 aromatic heterocycles. The SMILES string of the molecule is COc1cc(Cl)cc(CNCCc2ccccc2F)c1OC(C)C. The second-order valence-corrected chi connectivity index (χ2v) is 6.22. The minimum Gasteiger partial charge on any atom is -0.493 e. The van der Waals surface area contributed by atoms with Gasteiger partial charge in [0.05, 0.1) is 13.2 Å². The van der Waals surface area contributed by atoms with Gasteiger partial charge in [-0.2, -0.15) is 0 Å². The van der Waals surface area contributed by atoms with Crippen molar-refractivity contribution < 1.29 is 13.9 Å². The van der Waals surface area contributed by atoms with Crippen LogP contribution in [0.25, 0.3) is 0 Å². The first-order valence-corrected chi connectivity index (χ1v) is 8.36. The molecule has 0 spiro atoms. The molecule has 5 heteroatoms. The lowest BCUT2D eigenvalue weighted by atomic mass is 10.1. The van der Waals surface area contributed by atoms with Crippen LogP contribution in [-0.2, 0) is 13.0 Å². The van der Waals surface area contributed by atoms with E-state index in [-0.39, 0.29) is 11.9 Å². The van der Waals surface area contributed by atoms with Crippen molar-refractivity contribution in [1.29, 1.82) is 0 Å². The van der Waals surface area contributed by atoms with Gasteiger partial charge in [-0.3, -0.25) is 0 Å². The Labute approximate surface area is 147 Å². The number of halogens is 2. The van der Waals surface area contributed by atoms with Crippen molar-refractivity contribution in [3.63, 3.8) is 0 Å². The van der Waals surface area contributed by atoms with Crippen LogP contribution in [0.2, 0.25) is 5.02 Å². The maximum Gasteiger partial charge on any atom is 0.166 e. The van der Waals surface area contributed by atoms with Crippen molar-refractivity contribution in [3.05, 3.63) is 58.4 Å². The van der Waals surface area contributed by atoms with E-state index >= 15 is 0 Å². The highest BCUT2D eigenvalue weighted by atomic mass is 35.5. The summed E-state index contributed by atoms with van der Waals surface area (Å²) in [6.07, 6.45) is 0.641. The van der Waals surface area contributed by atoms with E-state index in [0.29, 0.717) is 41.6 Å². The minimum absolute atomic E-state index is 0.0252. The van der Waals surface area contributed by atoms with Crippen LogP contribution in [0.1, 0.15) is 25.0 Å². The first-order valence-electron chi connectivity index (χ1n) is 7.98. The van der Waals surface area contributed by atoms with Gasteiger partial charge in [0.2, 0.25) is 0 Å². The average Bonchev–Trinajstić information content (AvgIpc) is 2.54. The van der Waals surface area contributed by atoms with Crippen LogP contribution in [0.3, 0.4) is 0 Å². The molecule has 0 unspecified atom stereocenters. The number of nitrogens with one attached hydrogen (secondary N) is 1. The van der Waals surface area contributed by atoms with Crippen LogP contribution < -0.4 is 14.8 Å². The van der Waals surface area contributed by atoms with Gasteiger partial charge in [-0.1, -0.05) is 29.8 Å². The van der Waals surface area contributed by atoms with Gasteiger partial charge in [0, 0.05) is 23.2 Å². The first kappa shape index (κ1) is 18.6. The molecule has 0 bridgehead atoms. The van der Waals surface area contributed by atoms with Gasteiger partial charge in [0.15, 0.2) is 11.5 Å². The minimum atomic E-state index is -0.174. The Morgan fingerprint density at radius 3 is 2.58 bits per heavy atom. The molecule has 0 aliphatic carbocycles. The molecule has 2 aromatic rings. The Morgan fingerprint density at radius 1 is 1.17 bits per heavy atom. The van der Waals surface area contributed by atoms with Gasteiger partial charge in [0.1, 0.15) is 5.82 Å². The molecule has 24 heavy (non-hydrogen) atoms. The van der Waals surface area contributed by atoms with Crippen LogP contribution in [-0.4, -0.2) is 19.8 Å². The average molecular weight is 352 g/mol. The normalized spacial score (nSPS) is 10.9. The second kappa shape index (κ2) is 8.90. The van der Waals surface area contributed by atoms with Gasteiger partial charge in [0.25, 0.3) is 0 Å². The number of methoxy groups -OCH3 is 1. The van der Waals surface area contributed by atoms with Gasteiger partial charge < -0.3 is 14.8 Å². The standard InChI is InChI=1S/C19H23ClFNO2/c1-13(2)24-19-15(10-16(20)11-18(19)23-3)12-22-9-8-14-6-4-5-7-17(14)21/h4-7,10-11,13,22H,8-9,12H2,1-3H3. The monoisotopic (exact) mass is 351 g/mol. The highest BCUT2D eigenvalue weighted by Crippen LogP contribution is 2.35. The van der Waals surface area contributed by atoms with Crippen LogP contribution >= 0.6 is 11.6 Å². The summed E-state index contributed by atoms with van der Waals surface area (Å²) < 4.78 is 24.9. The fraction of sp³-hybridized carbons (Fsp3) is 0.368. The van der Waals surface area contributed by atoms with Crippen LogP contribution in [0.15, 0.2) is 36.4 Å². The van der Waals surface area contributed by atoms with Crippen LogP contribution in [0.5, 0.6) is 11.5 Å².